The Morgan fingerprint density at radius 2 is 1.35 bits per heavy atom. The summed E-state index contributed by atoms with van der Waals surface area (Å²) in [7, 11) is 1.67. The molecule has 0 fully saturated rings. The molecule has 0 N–H and O–H groups in total. The first-order valence-corrected chi connectivity index (χ1v) is 8.35. The van der Waals surface area contributed by atoms with Gasteiger partial charge in [-0.15, -0.1) is 0 Å². The Balaban J connectivity index is 0.00000196. The molecule has 0 unspecified atom stereocenters. The van der Waals surface area contributed by atoms with Gasteiger partial charge in [-0.1, -0.05) is 36.4 Å². The van der Waals surface area contributed by atoms with Crippen LogP contribution in [0.15, 0.2) is 83.9 Å². The van der Waals surface area contributed by atoms with E-state index in [0.717, 1.165) is 22.7 Å². The number of hydrogen-bond acceptors (Lipinski definition) is 2. The van der Waals surface area contributed by atoms with Gasteiger partial charge in [-0.3, -0.25) is 4.99 Å². The Labute approximate surface area is 166 Å². The molecule has 0 bridgehead atoms. The fraction of sp³-hybridized carbons (Fsp3) is 0.0870. The normalized spacial score (nSPS) is 11.4. The van der Waals surface area contributed by atoms with E-state index >= 15 is 0 Å². The third kappa shape index (κ3) is 3.69. The topological polar surface area (TPSA) is 21.6 Å². The molecule has 0 aromatic heterocycles. The Kier molecular flexibility index (Phi) is 5.51. The van der Waals surface area contributed by atoms with E-state index in [-0.39, 0.29) is 20.1 Å². The van der Waals surface area contributed by atoms with Crippen LogP contribution in [0.1, 0.15) is 12.5 Å². The molecule has 0 heterocycles. The molecule has 0 aliphatic heterocycles. The number of fused-ring (bicyclic) bond motifs is 2. The van der Waals surface area contributed by atoms with Crippen molar-refractivity contribution in [2.75, 3.05) is 7.11 Å². The van der Waals surface area contributed by atoms with Gasteiger partial charge in [0.25, 0.3) is 0 Å². The first kappa shape index (κ1) is 18.3. The quantitative estimate of drug-likeness (QED) is 0.236. The fourth-order valence-corrected chi connectivity index (χ4v) is 3.08. The molecule has 3 heteroatoms. The molecule has 0 saturated carbocycles. The van der Waals surface area contributed by atoms with E-state index in [4.69, 9.17) is 9.73 Å². The van der Waals surface area contributed by atoms with Gasteiger partial charge in [-0.05, 0) is 76.5 Å². The van der Waals surface area contributed by atoms with Crippen molar-refractivity contribution in [1.82, 2.24) is 0 Å². The van der Waals surface area contributed by atoms with Crippen LogP contribution in [0.3, 0.4) is 0 Å². The van der Waals surface area contributed by atoms with Crippen LogP contribution in [0.4, 0.5) is 5.69 Å². The van der Waals surface area contributed by atoms with Crippen LogP contribution in [-0.4, -0.2) is 12.8 Å². The molecular formula is C23H19IrNO. The SMILES string of the molecule is COc1ccc(N=C(C)c2ccc3cc4ccccc4cc3c2)cc1.[Ir]. The summed E-state index contributed by atoms with van der Waals surface area (Å²) in [5.41, 5.74) is 3.07. The van der Waals surface area contributed by atoms with Crippen molar-refractivity contribution >= 4 is 32.9 Å². The molecule has 0 amide bonds. The van der Waals surface area contributed by atoms with Crippen LogP contribution in [0.5, 0.6) is 5.75 Å². The maximum atomic E-state index is 5.19. The maximum absolute atomic E-state index is 5.19. The van der Waals surface area contributed by atoms with Gasteiger partial charge in [0.1, 0.15) is 5.75 Å². The number of rotatable bonds is 3. The fourth-order valence-electron chi connectivity index (χ4n) is 3.08. The van der Waals surface area contributed by atoms with Crippen molar-refractivity contribution < 1.29 is 24.8 Å². The second kappa shape index (κ2) is 7.82. The van der Waals surface area contributed by atoms with E-state index in [1.807, 2.05) is 31.2 Å². The number of benzene rings is 4. The zero-order valence-corrected chi connectivity index (χ0v) is 17.1. The maximum Gasteiger partial charge on any atom is 0.119 e. The Bertz CT molecular complexity index is 1080. The van der Waals surface area contributed by atoms with Crippen molar-refractivity contribution in [2.45, 2.75) is 6.92 Å². The minimum Gasteiger partial charge on any atom is -0.497 e. The molecule has 0 atom stereocenters. The zero-order valence-electron chi connectivity index (χ0n) is 14.7. The van der Waals surface area contributed by atoms with Crippen LogP contribution >= 0.6 is 0 Å². The third-order valence-corrected chi connectivity index (χ3v) is 4.49. The third-order valence-electron chi connectivity index (χ3n) is 4.49. The van der Waals surface area contributed by atoms with Gasteiger partial charge in [0.15, 0.2) is 0 Å². The summed E-state index contributed by atoms with van der Waals surface area (Å²) in [6.45, 7) is 2.05. The van der Waals surface area contributed by atoms with Crippen LogP contribution in [0.25, 0.3) is 21.5 Å². The predicted molar refractivity (Wildman–Crippen MR) is 106 cm³/mol. The average Bonchev–Trinajstić information content (AvgIpc) is 2.66. The number of aliphatic imine (C=N–C) groups is 1. The van der Waals surface area contributed by atoms with E-state index in [1.54, 1.807) is 7.11 Å². The smallest absolute Gasteiger partial charge is 0.119 e. The molecular weight excluding hydrogens is 498 g/mol. The molecule has 0 spiro atoms. The zero-order chi connectivity index (χ0) is 17.2. The summed E-state index contributed by atoms with van der Waals surface area (Å²) >= 11 is 0. The summed E-state index contributed by atoms with van der Waals surface area (Å²) in [6.07, 6.45) is 0. The van der Waals surface area contributed by atoms with Gasteiger partial charge in [0.05, 0.1) is 12.8 Å². The minimum atomic E-state index is 0. The first-order valence-electron chi connectivity index (χ1n) is 8.35. The van der Waals surface area contributed by atoms with Crippen LogP contribution in [0.2, 0.25) is 0 Å². The molecule has 0 aliphatic rings. The molecule has 131 valence electrons. The molecule has 26 heavy (non-hydrogen) atoms. The van der Waals surface area contributed by atoms with E-state index in [1.165, 1.54) is 21.5 Å². The second-order valence-electron chi connectivity index (χ2n) is 6.16. The summed E-state index contributed by atoms with van der Waals surface area (Å²) in [6, 6.07) is 27.3. The molecule has 4 rings (SSSR count). The average molecular weight is 518 g/mol. The minimum absolute atomic E-state index is 0. The van der Waals surface area contributed by atoms with Crippen molar-refractivity contribution in [1.29, 1.82) is 0 Å². The van der Waals surface area contributed by atoms with Crippen LogP contribution in [-0.2, 0) is 20.1 Å². The van der Waals surface area contributed by atoms with Gasteiger partial charge in [0.2, 0.25) is 0 Å². The van der Waals surface area contributed by atoms with E-state index in [2.05, 4.69) is 54.6 Å². The number of methoxy groups -OCH3 is 1. The predicted octanol–water partition coefficient (Wildman–Crippen LogP) is 6.14. The van der Waals surface area contributed by atoms with Crippen molar-refractivity contribution in [3.63, 3.8) is 0 Å². The second-order valence-corrected chi connectivity index (χ2v) is 6.16. The summed E-state index contributed by atoms with van der Waals surface area (Å²) in [5.74, 6) is 0.842. The number of nitrogens with zero attached hydrogens (tertiary/aromatic N) is 1. The van der Waals surface area contributed by atoms with Gasteiger partial charge in [0, 0.05) is 25.8 Å². The van der Waals surface area contributed by atoms with Gasteiger partial charge in [-0.2, -0.15) is 0 Å². The van der Waals surface area contributed by atoms with Crippen LogP contribution in [0, 0.1) is 0 Å². The standard InChI is InChI=1S/C23H19NO.Ir/c1-16(24-22-9-11-23(25-2)12-10-22)17-7-8-20-14-18-5-3-4-6-19(18)15-21(20)13-17;/h3-15H,1-2H3;. The summed E-state index contributed by atoms with van der Waals surface area (Å²) in [4.78, 5) is 4.73. The van der Waals surface area contributed by atoms with Crippen molar-refractivity contribution in [2.24, 2.45) is 4.99 Å². The van der Waals surface area contributed by atoms with Gasteiger partial charge >= 0.3 is 0 Å². The molecule has 2 nitrogen and oxygen atoms in total. The molecule has 1 radical (unpaired) electrons. The first-order chi connectivity index (χ1) is 12.2. The van der Waals surface area contributed by atoms with Gasteiger partial charge < -0.3 is 4.74 Å². The molecule has 4 aromatic rings. The Hall–Kier alpha value is -2.48. The number of ether oxygens (including phenoxy) is 1. The largest absolute Gasteiger partial charge is 0.497 e. The van der Waals surface area contributed by atoms with Crippen molar-refractivity contribution in [3.8, 4) is 5.75 Å². The molecule has 4 aromatic carbocycles. The molecule has 0 saturated heterocycles. The van der Waals surface area contributed by atoms with E-state index in [9.17, 15) is 0 Å². The summed E-state index contributed by atoms with van der Waals surface area (Å²) in [5, 5.41) is 5.02. The van der Waals surface area contributed by atoms with E-state index < -0.39 is 0 Å². The summed E-state index contributed by atoms with van der Waals surface area (Å²) < 4.78 is 5.19. The number of hydrogen-bond donors (Lipinski definition) is 0. The van der Waals surface area contributed by atoms with Crippen LogP contribution < -0.4 is 4.74 Å². The van der Waals surface area contributed by atoms with Crippen molar-refractivity contribution in [3.05, 3.63) is 84.4 Å². The van der Waals surface area contributed by atoms with Gasteiger partial charge in [-0.25, -0.2) is 0 Å². The monoisotopic (exact) mass is 518 g/mol. The Morgan fingerprint density at radius 1 is 0.731 bits per heavy atom. The Morgan fingerprint density at radius 3 is 2.00 bits per heavy atom. The van der Waals surface area contributed by atoms with E-state index in [0.29, 0.717) is 0 Å². The molecule has 0 aliphatic carbocycles.